The fourth-order valence-corrected chi connectivity index (χ4v) is 4.44. The molecule has 3 aromatic rings. The van der Waals surface area contributed by atoms with E-state index in [9.17, 15) is 14.5 Å². The number of thioether (sulfide) groups is 1. The first-order valence-electron chi connectivity index (χ1n) is 9.73. The highest BCUT2D eigenvalue weighted by molar-refractivity contribution is 7.99. The van der Waals surface area contributed by atoms with Crippen LogP contribution in [-0.2, 0) is 11.3 Å². The average molecular weight is 428 g/mol. The second-order valence-electron chi connectivity index (χ2n) is 7.17. The Morgan fingerprint density at radius 2 is 2.10 bits per heavy atom. The van der Waals surface area contributed by atoms with Gasteiger partial charge >= 0.3 is 0 Å². The van der Waals surface area contributed by atoms with E-state index in [1.165, 1.54) is 30.0 Å². The van der Waals surface area contributed by atoms with Crippen LogP contribution < -0.4 is 0 Å². The lowest BCUT2D eigenvalue weighted by atomic mass is 10.1. The van der Waals surface area contributed by atoms with Crippen molar-refractivity contribution >= 4 is 17.4 Å². The van der Waals surface area contributed by atoms with Gasteiger partial charge in [0.1, 0.15) is 5.82 Å². The molecular weight excluding hydrogens is 407 g/mol. The molecule has 1 saturated heterocycles. The van der Waals surface area contributed by atoms with Gasteiger partial charge in [-0.05, 0) is 49.6 Å². The van der Waals surface area contributed by atoms with Crippen LogP contribution >= 0.6 is 11.8 Å². The number of nitro benzene ring substituents is 1. The minimum absolute atomic E-state index is 0.0628. The molecule has 0 saturated carbocycles. The highest BCUT2D eigenvalue weighted by Gasteiger charge is 2.23. The van der Waals surface area contributed by atoms with E-state index in [1.54, 1.807) is 24.3 Å². The summed E-state index contributed by atoms with van der Waals surface area (Å²) >= 11 is 1.48. The zero-order valence-electron chi connectivity index (χ0n) is 16.4. The van der Waals surface area contributed by atoms with E-state index in [1.807, 2.05) is 17.6 Å². The summed E-state index contributed by atoms with van der Waals surface area (Å²) in [5, 5.41) is 20.5. The van der Waals surface area contributed by atoms with Crippen LogP contribution in [0.3, 0.4) is 0 Å². The van der Waals surface area contributed by atoms with Crippen LogP contribution in [0.4, 0.5) is 10.1 Å². The molecule has 1 aromatic heterocycles. The number of hydrogen-bond acceptors (Lipinski definition) is 6. The van der Waals surface area contributed by atoms with Crippen LogP contribution in [0.1, 0.15) is 30.6 Å². The molecule has 0 spiro atoms. The fraction of sp³-hybridized carbons (Fsp3) is 0.333. The lowest BCUT2D eigenvalue weighted by Crippen LogP contribution is -2.16. The molecule has 2 aromatic carbocycles. The Morgan fingerprint density at radius 1 is 1.30 bits per heavy atom. The average Bonchev–Trinajstić information content (AvgIpc) is 3.40. The molecule has 9 heteroatoms. The first-order chi connectivity index (χ1) is 14.5. The number of halogens is 1. The Hall–Kier alpha value is -2.78. The molecule has 2 atom stereocenters. The van der Waals surface area contributed by atoms with E-state index < -0.39 is 4.92 Å². The van der Waals surface area contributed by atoms with Crippen molar-refractivity contribution in [2.45, 2.75) is 42.8 Å². The van der Waals surface area contributed by atoms with Crippen LogP contribution in [-0.4, -0.2) is 32.4 Å². The molecule has 156 valence electrons. The molecule has 0 aliphatic carbocycles. The van der Waals surface area contributed by atoms with E-state index in [2.05, 4.69) is 10.2 Å². The Morgan fingerprint density at radius 3 is 2.80 bits per heavy atom. The van der Waals surface area contributed by atoms with Crippen molar-refractivity contribution in [3.8, 4) is 11.4 Å². The van der Waals surface area contributed by atoms with Crippen molar-refractivity contribution in [3.05, 3.63) is 70.0 Å². The summed E-state index contributed by atoms with van der Waals surface area (Å²) in [6.07, 6.45) is 2.06. The van der Waals surface area contributed by atoms with Gasteiger partial charge in [0.25, 0.3) is 5.69 Å². The molecule has 0 bridgehead atoms. The van der Waals surface area contributed by atoms with E-state index in [0.717, 1.165) is 30.6 Å². The first-order valence-corrected chi connectivity index (χ1v) is 10.6. The Balaban J connectivity index is 1.64. The Kier molecular flexibility index (Phi) is 6.10. The maximum absolute atomic E-state index is 13.4. The minimum atomic E-state index is -0.395. The van der Waals surface area contributed by atoms with Crippen molar-refractivity contribution in [2.75, 3.05) is 6.61 Å². The zero-order chi connectivity index (χ0) is 21.1. The molecule has 1 fully saturated rings. The Bertz CT molecular complexity index is 1030. The molecule has 0 N–H and O–H groups in total. The summed E-state index contributed by atoms with van der Waals surface area (Å²) in [5.74, 6) is 0.345. The van der Waals surface area contributed by atoms with Crippen molar-refractivity contribution in [2.24, 2.45) is 0 Å². The van der Waals surface area contributed by atoms with Gasteiger partial charge in [0.15, 0.2) is 11.0 Å². The van der Waals surface area contributed by atoms with Crippen molar-refractivity contribution in [1.82, 2.24) is 14.8 Å². The summed E-state index contributed by atoms with van der Waals surface area (Å²) in [4.78, 5) is 10.7. The molecule has 0 radical (unpaired) electrons. The van der Waals surface area contributed by atoms with Gasteiger partial charge in [0, 0.05) is 29.6 Å². The number of hydrogen-bond donors (Lipinski definition) is 0. The Labute approximate surface area is 177 Å². The topological polar surface area (TPSA) is 83.1 Å². The van der Waals surface area contributed by atoms with E-state index >= 15 is 0 Å². The maximum Gasteiger partial charge on any atom is 0.269 e. The lowest BCUT2D eigenvalue weighted by molar-refractivity contribution is -0.384. The predicted molar refractivity (Wildman–Crippen MR) is 112 cm³/mol. The summed E-state index contributed by atoms with van der Waals surface area (Å²) < 4.78 is 21.2. The van der Waals surface area contributed by atoms with Crippen LogP contribution in [0.15, 0.2) is 53.7 Å². The number of nitrogens with zero attached hydrogens (tertiary/aromatic N) is 4. The molecule has 1 aliphatic heterocycles. The number of nitro groups is 1. The number of rotatable bonds is 7. The standard InChI is InChI=1S/C21H21FN4O3S/c1-14(16-4-2-5-18(12-16)26(27)28)30-21-24-23-20(15-7-9-17(22)10-8-15)25(21)13-19-6-3-11-29-19/h2,4-5,7-10,12,14,19H,3,6,11,13H2,1H3. The molecule has 2 heterocycles. The van der Waals surface area contributed by atoms with Crippen molar-refractivity contribution in [3.63, 3.8) is 0 Å². The predicted octanol–water partition coefficient (Wildman–Crippen LogP) is 5.02. The van der Waals surface area contributed by atoms with E-state index in [4.69, 9.17) is 4.74 Å². The first kappa shape index (κ1) is 20.5. The van der Waals surface area contributed by atoms with E-state index in [-0.39, 0.29) is 22.9 Å². The van der Waals surface area contributed by atoms with Gasteiger partial charge in [-0.3, -0.25) is 14.7 Å². The van der Waals surface area contributed by atoms with Gasteiger partial charge in [0.05, 0.1) is 17.6 Å². The molecule has 30 heavy (non-hydrogen) atoms. The number of ether oxygens (including phenoxy) is 1. The molecule has 1 aliphatic rings. The number of benzene rings is 2. The smallest absolute Gasteiger partial charge is 0.269 e. The second-order valence-corrected chi connectivity index (χ2v) is 8.48. The SMILES string of the molecule is CC(Sc1nnc(-c2ccc(F)cc2)n1CC1CCCO1)c1cccc([N+](=O)[O-])c1. The van der Waals surface area contributed by atoms with Crippen LogP contribution in [0, 0.1) is 15.9 Å². The van der Waals surface area contributed by atoms with Crippen LogP contribution in [0.2, 0.25) is 0 Å². The largest absolute Gasteiger partial charge is 0.376 e. The summed E-state index contributed by atoms with van der Waals surface area (Å²) in [5.41, 5.74) is 1.67. The van der Waals surface area contributed by atoms with Crippen molar-refractivity contribution < 1.29 is 14.1 Å². The van der Waals surface area contributed by atoms with E-state index in [0.29, 0.717) is 17.5 Å². The third-order valence-corrected chi connectivity index (χ3v) is 6.20. The fourth-order valence-electron chi connectivity index (χ4n) is 3.46. The zero-order valence-corrected chi connectivity index (χ0v) is 17.2. The highest BCUT2D eigenvalue weighted by atomic mass is 32.2. The van der Waals surface area contributed by atoms with Gasteiger partial charge in [-0.25, -0.2) is 4.39 Å². The lowest BCUT2D eigenvalue weighted by Gasteiger charge is -2.16. The molecular formula is C21H21FN4O3S. The van der Waals surface area contributed by atoms with Gasteiger partial charge in [-0.15, -0.1) is 10.2 Å². The minimum Gasteiger partial charge on any atom is -0.376 e. The summed E-state index contributed by atoms with van der Waals surface area (Å²) in [6.45, 7) is 3.32. The number of aromatic nitrogens is 3. The third kappa shape index (κ3) is 4.52. The molecule has 0 amide bonds. The monoisotopic (exact) mass is 428 g/mol. The highest BCUT2D eigenvalue weighted by Crippen LogP contribution is 2.37. The summed E-state index contributed by atoms with van der Waals surface area (Å²) in [6, 6.07) is 12.8. The van der Waals surface area contributed by atoms with Gasteiger partial charge < -0.3 is 4.74 Å². The normalized spacial score (nSPS) is 17.2. The van der Waals surface area contributed by atoms with Gasteiger partial charge in [-0.2, -0.15) is 0 Å². The van der Waals surface area contributed by atoms with Crippen LogP contribution in [0.5, 0.6) is 0 Å². The quantitative estimate of drug-likeness (QED) is 0.298. The molecule has 4 rings (SSSR count). The van der Waals surface area contributed by atoms with Crippen LogP contribution in [0.25, 0.3) is 11.4 Å². The number of non-ortho nitro benzene ring substituents is 1. The molecule has 2 unspecified atom stereocenters. The maximum atomic E-state index is 13.4. The van der Waals surface area contributed by atoms with Gasteiger partial charge in [0.2, 0.25) is 0 Å². The third-order valence-electron chi connectivity index (χ3n) is 5.06. The van der Waals surface area contributed by atoms with Crippen molar-refractivity contribution in [1.29, 1.82) is 0 Å². The second kappa shape index (κ2) is 8.93. The summed E-state index contributed by atoms with van der Waals surface area (Å²) in [7, 11) is 0. The van der Waals surface area contributed by atoms with Gasteiger partial charge in [-0.1, -0.05) is 23.9 Å². The molecule has 7 nitrogen and oxygen atoms in total.